The van der Waals surface area contributed by atoms with Crippen LogP contribution in [0.1, 0.15) is 16.7 Å². The van der Waals surface area contributed by atoms with Crippen LogP contribution in [-0.4, -0.2) is 11.9 Å². The molecule has 3 aromatic rings. The van der Waals surface area contributed by atoms with Gasteiger partial charge in [0.05, 0.1) is 17.7 Å². The Balaban J connectivity index is 1.58. The summed E-state index contributed by atoms with van der Waals surface area (Å²) in [6.45, 7) is 0.481. The molecule has 0 fully saturated rings. The van der Waals surface area contributed by atoms with E-state index in [1.165, 1.54) is 0 Å². The average molecular weight is 676 g/mol. The van der Waals surface area contributed by atoms with Crippen molar-refractivity contribution < 1.29 is 14.3 Å². The summed E-state index contributed by atoms with van der Waals surface area (Å²) in [5.41, 5.74) is 2.62. The first-order chi connectivity index (χ1) is 14.9. The number of carbonyl (C=O) groups is 1. The first-order valence-corrected chi connectivity index (χ1v) is 12.0. The zero-order chi connectivity index (χ0) is 22.0. The number of rotatable bonds is 5. The van der Waals surface area contributed by atoms with Crippen LogP contribution in [0.2, 0.25) is 10.0 Å². The van der Waals surface area contributed by atoms with Gasteiger partial charge in [0.1, 0.15) is 12.4 Å². The zero-order valence-electron chi connectivity index (χ0n) is 15.7. The Morgan fingerprint density at radius 1 is 1.00 bits per heavy atom. The van der Waals surface area contributed by atoms with Gasteiger partial charge in [0, 0.05) is 5.02 Å². The van der Waals surface area contributed by atoms with Crippen molar-refractivity contribution in [1.29, 1.82) is 0 Å². The normalized spacial score (nSPS) is 14.5. The van der Waals surface area contributed by atoms with Gasteiger partial charge in [-0.3, -0.25) is 0 Å². The molecular weight excluding hydrogens is 663 g/mol. The van der Waals surface area contributed by atoms with E-state index < -0.39 is 5.97 Å². The third-order valence-corrected chi connectivity index (χ3v) is 6.48. The fourth-order valence-electron chi connectivity index (χ4n) is 2.88. The Morgan fingerprint density at radius 3 is 2.39 bits per heavy atom. The number of ether oxygens (including phenoxy) is 2. The summed E-state index contributed by atoms with van der Waals surface area (Å²) in [6, 6.07) is 18.8. The van der Waals surface area contributed by atoms with E-state index in [-0.39, 0.29) is 11.6 Å². The van der Waals surface area contributed by atoms with E-state index >= 15 is 0 Å². The Bertz CT molecular complexity index is 1200. The monoisotopic (exact) mass is 675 g/mol. The number of carbonyl (C=O) groups excluding carboxylic acids is 1. The first kappa shape index (κ1) is 22.6. The molecule has 0 unspecified atom stereocenters. The van der Waals surface area contributed by atoms with Gasteiger partial charge in [-0.1, -0.05) is 53.5 Å². The molecule has 0 radical (unpaired) electrons. The van der Waals surface area contributed by atoms with Crippen molar-refractivity contribution >= 4 is 86.3 Å². The highest BCUT2D eigenvalue weighted by molar-refractivity contribution is 14.1. The van der Waals surface area contributed by atoms with Gasteiger partial charge in [-0.15, -0.1) is 0 Å². The molecule has 1 heterocycles. The number of hydrogen-bond donors (Lipinski definition) is 0. The van der Waals surface area contributed by atoms with E-state index in [4.69, 9.17) is 32.7 Å². The highest BCUT2D eigenvalue weighted by Crippen LogP contribution is 2.32. The Hall–Kier alpha value is -1.62. The third kappa shape index (κ3) is 5.42. The summed E-state index contributed by atoms with van der Waals surface area (Å²) in [5, 5.41) is 0.859. The van der Waals surface area contributed by atoms with E-state index in [0.29, 0.717) is 22.2 Å². The number of benzene rings is 3. The molecule has 31 heavy (non-hydrogen) atoms. The quantitative estimate of drug-likeness (QED) is 0.164. The highest BCUT2D eigenvalue weighted by atomic mass is 127. The number of esters is 1. The molecule has 0 aromatic heterocycles. The molecule has 4 rings (SSSR count). The van der Waals surface area contributed by atoms with E-state index in [1.54, 1.807) is 24.3 Å². The molecule has 0 saturated heterocycles. The third-order valence-electron chi connectivity index (χ3n) is 4.33. The first-order valence-electron chi connectivity index (χ1n) is 9.04. The number of halogens is 4. The molecule has 0 amide bonds. The van der Waals surface area contributed by atoms with Crippen LogP contribution in [-0.2, 0) is 16.1 Å². The van der Waals surface area contributed by atoms with Crippen LogP contribution in [0.25, 0.3) is 6.08 Å². The maximum absolute atomic E-state index is 12.3. The van der Waals surface area contributed by atoms with Crippen molar-refractivity contribution in [2.75, 3.05) is 0 Å². The van der Waals surface area contributed by atoms with Crippen molar-refractivity contribution in [3.05, 3.63) is 100 Å². The average Bonchev–Trinajstić information content (AvgIpc) is 3.08. The van der Waals surface area contributed by atoms with Gasteiger partial charge in [0.2, 0.25) is 5.90 Å². The Kier molecular flexibility index (Phi) is 7.20. The molecule has 0 aliphatic carbocycles. The molecule has 1 aliphatic heterocycles. The number of hydrogen-bond acceptors (Lipinski definition) is 4. The summed E-state index contributed by atoms with van der Waals surface area (Å²) in [6.07, 6.45) is 1.68. The number of aliphatic imine (C=N–C) groups is 1. The topological polar surface area (TPSA) is 47.9 Å². The SMILES string of the molecule is O=C1OC(c2ccc(Cl)cc2Cl)=N/C1=C\c1cc(I)c(OCc2ccccc2)c(I)c1. The van der Waals surface area contributed by atoms with Gasteiger partial charge in [-0.05, 0) is 92.7 Å². The fourth-order valence-corrected chi connectivity index (χ4v) is 5.49. The van der Waals surface area contributed by atoms with Gasteiger partial charge in [0.25, 0.3) is 0 Å². The van der Waals surface area contributed by atoms with Crippen LogP contribution in [0.4, 0.5) is 0 Å². The molecule has 156 valence electrons. The van der Waals surface area contributed by atoms with Gasteiger partial charge < -0.3 is 9.47 Å². The summed E-state index contributed by atoms with van der Waals surface area (Å²) in [7, 11) is 0. The number of cyclic esters (lactones) is 1. The van der Waals surface area contributed by atoms with E-state index in [0.717, 1.165) is 24.0 Å². The molecule has 0 saturated carbocycles. The minimum atomic E-state index is -0.532. The summed E-state index contributed by atoms with van der Waals surface area (Å²) in [4.78, 5) is 16.7. The Labute approximate surface area is 216 Å². The van der Waals surface area contributed by atoms with E-state index in [2.05, 4.69) is 50.2 Å². The van der Waals surface area contributed by atoms with Crippen molar-refractivity contribution in [1.82, 2.24) is 0 Å². The molecule has 4 nitrogen and oxygen atoms in total. The second kappa shape index (κ2) is 9.89. The molecule has 8 heteroatoms. The molecule has 1 aliphatic rings. The molecule has 3 aromatic carbocycles. The zero-order valence-corrected chi connectivity index (χ0v) is 21.6. The maximum Gasteiger partial charge on any atom is 0.363 e. The molecule has 0 bridgehead atoms. The summed E-state index contributed by atoms with van der Waals surface area (Å²) < 4.78 is 13.2. The van der Waals surface area contributed by atoms with Crippen LogP contribution >= 0.6 is 68.4 Å². The second-order valence-corrected chi connectivity index (χ2v) is 9.72. The lowest BCUT2D eigenvalue weighted by atomic mass is 10.2. The predicted octanol–water partition coefficient (Wildman–Crippen LogP) is 7.13. The standard InChI is InChI=1S/C23H13Cl2I2NO3/c24-15-6-7-16(17(25)11-15)22-28-20(23(29)31-22)10-14-8-18(26)21(19(27)9-14)30-12-13-4-2-1-3-5-13/h1-11H,12H2/b20-10-. The van der Waals surface area contributed by atoms with Crippen LogP contribution in [0.15, 0.2) is 71.4 Å². The molecule has 0 atom stereocenters. The van der Waals surface area contributed by atoms with Crippen molar-refractivity contribution in [2.24, 2.45) is 4.99 Å². The van der Waals surface area contributed by atoms with Crippen LogP contribution in [0.3, 0.4) is 0 Å². The van der Waals surface area contributed by atoms with Gasteiger partial charge in [-0.2, -0.15) is 0 Å². The molecular formula is C23H13Cl2I2NO3. The van der Waals surface area contributed by atoms with Gasteiger partial charge in [-0.25, -0.2) is 9.79 Å². The minimum absolute atomic E-state index is 0.158. The summed E-state index contributed by atoms with van der Waals surface area (Å²) >= 11 is 16.6. The summed E-state index contributed by atoms with van der Waals surface area (Å²) in [5.74, 6) is 0.430. The van der Waals surface area contributed by atoms with Crippen molar-refractivity contribution in [2.45, 2.75) is 6.61 Å². The lowest BCUT2D eigenvalue weighted by molar-refractivity contribution is -0.129. The number of nitrogens with zero attached hydrogens (tertiary/aromatic N) is 1. The fraction of sp³-hybridized carbons (Fsp3) is 0.0435. The minimum Gasteiger partial charge on any atom is -0.487 e. The smallest absolute Gasteiger partial charge is 0.363 e. The molecule has 0 spiro atoms. The van der Waals surface area contributed by atoms with Crippen LogP contribution < -0.4 is 4.74 Å². The largest absolute Gasteiger partial charge is 0.487 e. The van der Waals surface area contributed by atoms with Crippen LogP contribution in [0.5, 0.6) is 5.75 Å². The van der Waals surface area contributed by atoms with Crippen molar-refractivity contribution in [3.8, 4) is 5.75 Å². The van der Waals surface area contributed by atoms with E-state index in [9.17, 15) is 4.79 Å². The lowest BCUT2D eigenvalue weighted by Gasteiger charge is -2.11. The van der Waals surface area contributed by atoms with Gasteiger partial charge >= 0.3 is 5.97 Å². The van der Waals surface area contributed by atoms with Crippen molar-refractivity contribution in [3.63, 3.8) is 0 Å². The predicted molar refractivity (Wildman–Crippen MR) is 140 cm³/mol. The molecule has 0 N–H and O–H groups in total. The van der Waals surface area contributed by atoms with Gasteiger partial charge in [0.15, 0.2) is 5.70 Å². The maximum atomic E-state index is 12.3. The lowest BCUT2D eigenvalue weighted by Crippen LogP contribution is -2.06. The van der Waals surface area contributed by atoms with E-state index in [1.807, 2.05) is 42.5 Å². The second-order valence-electron chi connectivity index (χ2n) is 6.55. The Morgan fingerprint density at radius 2 is 1.71 bits per heavy atom. The van der Waals surface area contributed by atoms with Crippen LogP contribution in [0, 0.1) is 7.14 Å². The highest BCUT2D eigenvalue weighted by Gasteiger charge is 2.26.